The van der Waals surface area contributed by atoms with E-state index < -0.39 is 10.0 Å². The molecule has 6 heteroatoms. The predicted molar refractivity (Wildman–Crippen MR) is 99.3 cm³/mol. The molecule has 4 nitrogen and oxygen atoms in total. The molecule has 0 spiro atoms. The molecule has 0 saturated carbocycles. The summed E-state index contributed by atoms with van der Waals surface area (Å²) in [6.07, 6.45) is 4.13. The molecular weight excluding hydrogens is 390 g/mol. The van der Waals surface area contributed by atoms with Crippen LogP contribution in [0, 0.1) is 6.92 Å². The Hall–Kier alpha value is -1.53. The number of aryl methyl sites for hydroxylation is 3. The first-order chi connectivity index (χ1) is 11.4. The highest BCUT2D eigenvalue weighted by Gasteiger charge is 2.23. The van der Waals surface area contributed by atoms with Crippen molar-refractivity contribution < 1.29 is 13.2 Å². The van der Waals surface area contributed by atoms with Crippen LogP contribution < -0.4 is 9.46 Å². The summed E-state index contributed by atoms with van der Waals surface area (Å²) in [5.74, 6) is 0.400. The molecule has 1 aliphatic carbocycles. The normalized spacial score (nSPS) is 14.1. The van der Waals surface area contributed by atoms with E-state index in [2.05, 4.69) is 20.7 Å². The lowest BCUT2D eigenvalue weighted by atomic mass is 9.92. The number of hydrogen-bond acceptors (Lipinski definition) is 3. The average Bonchev–Trinajstić information content (AvgIpc) is 2.56. The molecule has 24 heavy (non-hydrogen) atoms. The van der Waals surface area contributed by atoms with Crippen molar-refractivity contribution in [2.75, 3.05) is 11.8 Å². The van der Waals surface area contributed by atoms with Crippen molar-refractivity contribution in [3.05, 3.63) is 51.5 Å². The first-order valence-corrected chi connectivity index (χ1v) is 10.2. The maximum Gasteiger partial charge on any atom is 0.265 e. The Kier molecular flexibility index (Phi) is 4.88. The molecule has 0 saturated heterocycles. The van der Waals surface area contributed by atoms with E-state index in [4.69, 9.17) is 4.74 Å². The lowest BCUT2D eigenvalue weighted by molar-refractivity contribution is 0.401. The van der Waals surface area contributed by atoms with E-state index in [0.717, 1.165) is 41.3 Å². The first kappa shape index (κ1) is 17.3. The molecule has 1 N–H and O–H groups in total. The number of hydrogen-bond donors (Lipinski definition) is 1. The summed E-state index contributed by atoms with van der Waals surface area (Å²) in [5.41, 5.74) is 3.80. The summed E-state index contributed by atoms with van der Waals surface area (Å²) in [6.45, 7) is 1.92. The molecule has 1 aliphatic rings. The van der Waals surface area contributed by atoms with E-state index >= 15 is 0 Å². The van der Waals surface area contributed by atoms with Gasteiger partial charge in [-0.25, -0.2) is 8.42 Å². The summed E-state index contributed by atoms with van der Waals surface area (Å²) in [4.78, 5) is 0.200. The average molecular weight is 410 g/mol. The standard InChI is InChI=1S/C18H20BrNO3S/c1-12-9-15(7-8-16(12)19)20-24(21,22)18-11-14-6-4-3-5-13(14)10-17(18)23-2/h7-11,20H,3-6H2,1-2H3. The number of rotatable bonds is 4. The molecule has 0 unspecified atom stereocenters. The minimum Gasteiger partial charge on any atom is -0.495 e. The van der Waals surface area contributed by atoms with Gasteiger partial charge in [0, 0.05) is 10.2 Å². The van der Waals surface area contributed by atoms with Crippen molar-refractivity contribution in [1.29, 1.82) is 0 Å². The molecule has 0 aliphatic heterocycles. The van der Waals surface area contributed by atoms with Gasteiger partial charge in [0.25, 0.3) is 10.0 Å². The summed E-state index contributed by atoms with van der Waals surface area (Å²) in [7, 11) is -2.20. The Morgan fingerprint density at radius 3 is 2.38 bits per heavy atom. The van der Waals surface area contributed by atoms with Gasteiger partial charge in [-0.05, 0) is 79.6 Å². The zero-order valence-electron chi connectivity index (χ0n) is 13.7. The lowest BCUT2D eigenvalue weighted by Crippen LogP contribution is -2.16. The van der Waals surface area contributed by atoms with Crippen molar-refractivity contribution in [2.45, 2.75) is 37.5 Å². The van der Waals surface area contributed by atoms with Gasteiger partial charge < -0.3 is 4.74 Å². The Labute approximate surface area is 151 Å². The summed E-state index contributed by atoms with van der Waals surface area (Å²) < 4.78 is 34.7. The number of fused-ring (bicyclic) bond motifs is 1. The minimum absolute atomic E-state index is 0.200. The van der Waals surface area contributed by atoms with E-state index in [1.807, 2.05) is 19.1 Å². The molecular formula is C18H20BrNO3S. The number of halogens is 1. The fraction of sp³-hybridized carbons (Fsp3) is 0.333. The van der Waals surface area contributed by atoms with Crippen molar-refractivity contribution in [3.8, 4) is 5.75 Å². The smallest absolute Gasteiger partial charge is 0.265 e. The zero-order valence-corrected chi connectivity index (χ0v) is 16.1. The highest BCUT2D eigenvalue weighted by atomic mass is 79.9. The number of anilines is 1. The molecule has 0 heterocycles. The van der Waals surface area contributed by atoms with Crippen LogP contribution in [-0.2, 0) is 22.9 Å². The van der Waals surface area contributed by atoms with Crippen LogP contribution in [0.4, 0.5) is 5.69 Å². The topological polar surface area (TPSA) is 55.4 Å². The third-order valence-electron chi connectivity index (χ3n) is 4.33. The summed E-state index contributed by atoms with van der Waals surface area (Å²) in [6, 6.07) is 9.00. The number of benzene rings is 2. The zero-order chi connectivity index (χ0) is 17.3. The van der Waals surface area contributed by atoms with Gasteiger partial charge in [0.05, 0.1) is 7.11 Å². The monoisotopic (exact) mass is 409 g/mol. The van der Waals surface area contributed by atoms with E-state index in [1.165, 1.54) is 12.7 Å². The Morgan fingerprint density at radius 2 is 1.75 bits per heavy atom. The van der Waals surface area contributed by atoms with Crippen LogP contribution in [0.15, 0.2) is 39.7 Å². The van der Waals surface area contributed by atoms with Crippen LogP contribution in [-0.4, -0.2) is 15.5 Å². The third kappa shape index (κ3) is 3.44. The molecule has 0 aromatic heterocycles. The van der Waals surface area contributed by atoms with E-state index in [9.17, 15) is 8.42 Å². The molecule has 0 fully saturated rings. The molecule has 2 aromatic carbocycles. The quantitative estimate of drug-likeness (QED) is 0.811. The van der Waals surface area contributed by atoms with Crippen molar-refractivity contribution in [1.82, 2.24) is 0 Å². The predicted octanol–water partition coefficient (Wildman–Crippen LogP) is 4.45. The van der Waals surface area contributed by atoms with Crippen LogP contribution >= 0.6 is 15.9 Å². The van der Waals surface area contributed by atoms with E-state index in [1.54, 1.807) is 18.2 Å². The highest BCUT2D eigenvalue weighted by Crippen LogP contribution is 2.33. The Balaban J connectivity index is 2.00. The van der Waals surface area contributed by atoms with Gasteiger partial charge >= 0.3 is 0 Å². The highest BCUT2D eigenvalue weighted by molar-refractivity contribution is 9.10. The molecule has 0 amide bonds. The maximum atomic E-state index is 12.9. The van der Waals surface area contributed by atoms with E-state index in [-0.39, 0.29) is 4.90 Å². The largest absolute Gasteiger partial charge is 0.495 e. The van der Waals surface area contributed by atoms with Crippen molar-refractivity contribution >= 4 is 31.6 Å². The minimum atomic E-state index is -3.71. The molecule has 3 rings (SSSR count). The summed E-state index contributed by atoms with van der Waals surface area (Å²) in [5, 5.41) is 0. The van der Waals surface area contributed by atoms with Crippen molar-refractivity contribution in [3.63, 3.8) is 0 Å². The maximum absolute atomic E-state index is 12.9. The van der Waals surface area contributed by atoms with Gasteiger partial charge in [0.2, 0.25) is 0 Å². The van der Waals surface area contributed by atoms with Gasteiger partial charge in [-0.3, -0.25) is 4.72 Å². The Bertz CT molecular complexity index is 878. The second kappa shape index (κ2) is 6.76. The van der Waals surface area contributed by atoms with Gasteiger partial charge in [-0.1, -0.05) is 15.9 Å². The van der Waals surface area contributed by atoms with Crippen LogP contribution in [0.3, 0.4) is 0 Å². The van der Waals surface area contributed by atoms with Crippen LogP contribution in [0.5, 0.6) is 5.75 Å². The van der Waals surface area contributed by atoms with Crippen LogP contribution in [0.25, 0.3) is 0 Å². The SMILES string of the molecule is COc1cc2c(cc1S(=O)(=O)Nc1ccc(Br)c(C)c1)CCCC2. The fourth-order valence-electron chi connectivity index (χ4n) is 3.03. The van der Waals surface area contributed by atoms with E-state index in [0.29, 0.717) is 11.4 Å². The van der Waals surface area contributed by atoms with Crippen LogP contribution in [0.1, 0.15) is 29.5 Å². The molecule has 2 aromatic rings. The number of sulfonamides is 1. The molecule has 0 radical (unpaired) electrons. The molecule has 0 bridgehead atoms. The molecule has 0 atom stereocenters. The Morgan fingerprint density at radius 1 is 1.08 bits per heavy atom. The number of methoxy groups -OCH3 is 1. The van der Waals surface area contributed by atoms with Gasteiger partial charge in [-0.2, -0.15) is 0 Å². The lowest BCUT2D eigenvalue weighted by Gasteiger charge is -2.19. The van der Waals surface area contributed by atoms with Gasteiger partial charge in [0.1, 0.15) is 10.6 Å². The second-order valence-corrected chi connectivity index (χ2v) is 8.55. The second-order valence-electron chi connectivity index (χ2n) is 6.05. The first-order valence-electron chi connectivity index (χ1n) is 7.89. The fourth-order valence-corrected chi connectivity index (χ4v) is 4.53. The van der Waals surface area contributed by atoms with Gasteiger partial charge in [0.15, 0.2) is 0 Å². The van der Waals surface area contributed by atoms with Crippen LogP contribution in [0.2, 0.25) is 0 Å². The summed E-state index contributed by atoms with van der Waals surface area (Å²) >= 11 is 3.42. The van der Waals surface area contributed by atoms with Gasteiger partial charge in [-0.15, -0.1) is 0 Å². The van der Waals surface area contributed by atoms with Crippen molar-refractivity contribution in [2.24, 2.45) is 0 Å². The number of nitrogens with one attached hydrogen (secondary N) is 1. The molecule has 128 valence electrons. The third-order valence-corrected chi connectivity index (χ3v) is 6.62. The number of ether oxygens (including phenoxy) is 1.